The summed E-state index contributed by atoms with van der Waals surface area (Å²) in [6.07, 6.45) is 0. The fraction of sp³-hybridized carbons (Fsp3) is 0.261. The molecule has 0 saturated carbocycles. The summed E-state index contributed by atoms with van der Waals surface area (Å²) in [7, 11) is 0. The number of aromatic nitrogens is 2. The minimum atomic E-state index is -0.0654. The van der Waals surface area contributed by atoms with E-state index in [-0.39, 0.29) is 11.9 Å². The highest BCUT2D eigenvalue weighted by Gasteiger charge is 2.28. The summed E-state index contributed by atoms with van der Waals surface area (Å²) in [6.45, 7) is 5.48. The molecule has 1 atom stereocenters. The van der Waals surface area contributed by atoms with Crippen LogP contribution in [0, 0.1) is 13.8 Å². The summed E-state index contributed by atoms with van der Waals surface area (Å²) in [5, 5.41) is 3.02. The van der Waals surface area contributed by atoms with Gasteiger partial charge < -0.3 is 10.2 Å². The summed E-state index contributed by atoms with van der Waals surface area (Å²) in [5.41, 5.74) is 5.48. The summed E-state index contributed by atoms with van der Waals surface area (Å²) in [4.78, 5) is 23.5. The molecule has 1 aliphatic heterocycles. The first-order valence-electron chi connectivity index (χ1n) is 9.57. The van der Waals surface area contributed by atoms with Gasteiger partial charge in [0.1, 0.15) is 5.82 Å². The van der Waals surface area contributed by atoms with Gasteiger partial charge in [-0.25, -0.2) is 14.8 Å². The monoisotopic (exact) mass is 372 g/mol. The molecule has 28 heavy (non-hydrogen) atoms. The molecule has 3 aromatic rings. The lowest BCUT2D eigenvalue weighted by atomic mass is 9.85. The van der Waals surface area contributed by atoms with Gasteiger partial charge >= 0.3 is 6.03 Å². The van der Waals surface area contributed by atoms with Gasteiger partial charge in [-0.2, -0.15) is 0 Å². The number of rotatable bonds is 3. The Morgan fingerprint density at radius 1 is 1.07 bits per heavy atom. The van der Waals surface area contributed by atoms with Crippen molar-refractivity contribution < 1.29 is 4.79 Å². The number of hydrogen-bond acceptors (Lipinski definition) is 3. The molecule has 0 spiro atoms. The van der Waals surface area contributed by atoms with E-state index in [0.29, 0.717) is 19.6 Å². The Morgan fingerprint density at radius 3 is 2.61 bits per heavy atom. The van der Waals surface area contributed by atoms with E-state index in [1.54, 1.807) is 0 Å². The molecule has 1 aromatic heterocycles. The topological polar surface area (TPSA) is 58.1 Å². The molecule has 4 rings (SSSR count). The molecule has 2 heterocycles. The summed E-state index contributed by atoms with van der Waals surface area (Å²) in [5.74, 6) is 0.903. The first kappa shape index (κ1) is 18.2. The zero-order chi connectivity index (χ0) is 19.5. The third kappa shape index (κ3) is 3.88. The van der Waals surface area contributed by atoms with Crippen LogP contribution in [-0.4, -0.2) is 27.4 Å². The quantitative estimate of drug-likeness (QED) is 0.757. The molecule has 2 amide bonds. The van der Waals surface area contributed by atoms with Gasteiger partial charge in [0.15, 0.2) is 0 Å². The Morgan fingerprint density at radius 2 is 1.82 bits per heavy atom. The number of amides is 2. The Labute approximate surface area is 165 Å². The molecule has 0 fully saturated rings. The summed E-state index contributed by atoms with van der Waals surface area (Å²) in [6, 6.07) is 20.6. The van der Waals surface area contributed by atoms with E-state index < -0.39 is 0 Å². The average molecular weight is 372 g/mol. The highest BCUT2D eigenvalue weighted by Crippen LogP contribution is 2.33. The van der Waals surface area contributed by atoms with Crippen molar-refractivity contribution in [3.8, 4) is 0 Å². The zero-order valence-corrected chi connectivity index (χ0v) is 16.2. The minimum absolute atomic E-state index is 0.0654. The molecule has 142 valence electrons. The van der Waals surface area contributed by atoms with Crippen molar-refractivity contribution in [1.29, 1.82) is 0 Å². The van der Waals surface area contributed by atoms with E-state index in [1.165, 1.54) is 16.7 Å². The average Bonchev–Trinajstić information content (AvgIpc) is 2.71. The number of nitrogens with zero attached hydrogens (tertiary/aromatic N) is 3. The van der Waals surface area contributed by atoms with Crippen LogP contribution in [0.4, 0.5) is 4.79 Å². The van der Waals surface area contributed by atoms with Crippen LogP contribution in [0.2, 0.25) is 0 Å². The normalized spacial score (nSPS) is 15.8. The summed E-state index contributed by atoms with van der Waals surface area (Å²) < 4.78 is 0. The van der Waals surface area contributed by atoms with Gasteiger partial charge in [-0.3, -0.25) is 0 Å². The van der Waals surface area contributed by atoms with Gasteiger partial charge in [-0.05, 0) is 36.6 Å². The van der Waals surface area contributed by atoms with Gasteiger partial charge in [0.05, 0.1) is 12.2 Å². The molecular weight excluding hydrogens is 348 g/mol. The second-order valence-electron chi connectivity index (χ2n) is 7.25. The number of hydrogen-bond donors (Lipinski definition) is 1. The van der Waals surface area contributed by atoms with Crippen molar-refractivity contribution in [1.82, 2.24) is 20.2 Å². The Bertz CT molecular complexity index is 967. The van der Waals surface area contributed by atoms with Crippen LogP contribution < -0.4 is 5.32 Å². The van der Waals surface area contributed by atoms with Crippen LogP contribution in [0.1, 0.15) is 39.8 Å². The fourth-order valence-corrected chi connectivity index (χ4v) is 3.89. The lowest BCUT2D eigenvalue weighted by Crippen LogP contribution is -2.44. The van der Waals surface area contributed by atoms with E-state index in [1.807, 2.05) is 36.9 Å². The molecular formula is C23H24N4O. The van der Waals surface area contributed by atoms with E-state index in [4.69, 9.17) is 0 Å². The summed E-state index contributed by atoms with van der Waals surface area (Å²) >= 11 is 0. The molecule has 0 radical (unpaired) electrons. The Balaban J connectivity index is 1.53. The Kier molecular flexibility index (Phi) is 5.06. The fourth-order valence-electron chi connectivity index (χ4n) is 3.89. The largest absolute Gasteiger partial charge is 0.332 e. The molecule has 1 N–H and O–H groups in total. The molecule has 0 saturated heterocycles. The molecule has 5 nitrogen and oxygen atoms in total. The van der Waals surface area contributed by atoms with Crippen LogP contribution >= 0.6 is 0 Å². The van der Waals surface area contributed by atoms with E-state index in [9.17, 15) is 4.79 Å². The van der Waals surface area contributed by atoms with Gasteiger partial charge in [0, 0.05) is 24.7 Å². The van der Waals surface area contributed by atoms with Crippen LogP contribution in [0.3, 0.4) is 0 Å². The van der Waals surface area contributed by atoms with Crippen molar-refractivity contribution in [3.63, 3.8) is 0 Å². The second-order valence-corrected chi connectivity index (χ2v) is 7.25. The maximum Gasteiger partial charge on any atom is 0.318 e. The molecule has 2 aromatic carbocycles. The third-order valence-electron chi connectivity index (χ3n) is 5.12. The highest BCUT2D eigenvalue weighted by molar-refractivity contribution is 5.75. The smallest absolute Gasteiger partial charge is 0.318 e. The number of benzene rings is 2. The third-order valence-corrected chi connectivity index (χ3v) is 5.12. The van der Waals surface area contributed by atoms with Crippen LogP contribution in [0.15, 0.2) is 60.7 Å². The zero-order valence-electron chi connectivity index (χ0n) is 16.2. The van der Waals surface area contributed by atoms with Crippen molar-refractivity contribution in [2.75, 3.05) is 6.54 Å². The van der Waals surface area contributed by atoms with E-state index in [0.717, 1.165) is 17.2 Å². The van der Waals surface area contributed by atoms with Gasteiger partial charge in [-0.1, -0.05) is 54.6 Å². The Hall–Kier alpha value is -3.21. The lowest BCUT2D eigenvalue weighted by molar-refractivity contribution is 0.188. The molecule has 0 bridgehead atoms. The van der Waals surface area contributed by atoms with E-state index in [2.05, 4.69) is 57.7 Å². The number of carbonyl (C=O) groups excluding carboxylic acids is 1. The van der Waals surface area contributed by atoms with E-state index >= 15 is 0 Å². The van der Waals surface area contributed by atoms with Crippen molar-refractivity contribution >= 4 is 6.03 Å². The molecule has 1 aliphatic rings. The van der Waals surface area contributed by atoms with Gasteiger partial charge in [0.25, 0.3) is 0 Å². The number of nitrogens with one attached hydrogen (secondary N) is 1. The predicted octanol–water partition coefficient (Wildman–Crippen LogP) is 3.95. The lowest BCUT2D eigenvalue weighted by Gasteiger charge is -2.35. The SMILES string of the molecule is Cc1cc(CNC(=O)N2Cc3ccccc3C(c3ccccc3)C2)nc(C)n1. The second kappa shape index (κ2) is 7.80. The van der Waals surface area contributed by atoms with Gasteiger partial charge in [0.2, 0.25) is 0 Å². The highest BCUT2D eigenvalue weighted by atomic mass is 16.2. The van der Waals surface area contributed by atoms with Crippen molar-refractivity contribution in [3.05, 3.63) is 94.6 Å². The van der Waals surface area contributed by atoms with Gasteiger partial charge in [-0.15, -0.1) is 0 Å². The maximum atomic E-state index is 12.9. The van der Waals surface area contributed by atoms with Crippen molar-refractivity contribution in [2.24, 2.45) is 0 Å². The van der Waals surface area contributed by atoms with Crippen LogP contribution in [-0.2, 0) is 13.1 Å². The maximum absolute atomic E-state index is 12.9. The molecule has 5 heteroatoms. The molecule has 1 unspecified atom stereocenters. The standard InChI is InChI=1S/C23H24N4O/c1-16-12-20(26-17(2)25-16)13-24-23(28)27-14-19-10-6-7-11-21(19)22(15-27)18-8-4-3-5-9-18/h3-12,22H,13-15H2,1-2H3,(H,24,28). The minimum Gasteiger partial charge on any atom is -0.332 e. The first-order valence-corrected chi connectivity index (χ1v) is 9.57. The number of urea groups is 1. The number of aryl methyl sites for hydroxylation is 2. The van der Waals surface area contributed by atoms with Crippen LogP contribution in [0.5, 0.6) is 0 Å². The molecule has 0 aliphatic carbocycles. The predicted molar refractivity (Wildman–Crippen MR) is 109 cm³/mol. The van der Waals surface area contributed by atoms with Crippen LogP contribution in [0.25, 0.3) is 0 Å². The number of fused-ring (bicyclic) bond motifs is 1. The van der Waals surface area contributed by atoms with Crippen molar-refractivity contribution in [2.45, 2.75) is 32.9 Å². The number of carbonyl (C=O) groups is 1. The first-order chi connectivity index (χ1) is 13.6.